The van der Waals surface area contributed by atoms with E-state index in [1.807, 2.05) is 0 Å². The third kappa shape index (κ3) is 4.33. The van der Waals surface area contributed by atoms with Gasteiger partial charge in [0.15, 0.2) is 0 Å². The zero-order chi connectivity index (χ0) is 14.7. The quantitative estimate of drug-likeness (QED) is 0.827. The molecule has 1 N–H and O–H groups in total. The number of nitrogens with zero attached hydrogens (tertiary/aromatic N) is 1. The lowest BCUT2D eigenvalue weighted by Crippen LogP contribution is -2.33. The molecule has 3 rings (SSSR count). The Morgan fingerprint density at radius 1 is 1.24 bits per heavy atom. The fraction of sp³-hybridized carbons (Fsp3) is 0.778. The standard InChI is InChI=1S/C18H30N2O/c1-3-4-15-7-9-20(10-8-15)13-18-11-16(14(2)21-18)12-19-17-5-6-17/h11,15,17,19H,3-10,12-13H2,1-2H3. The van der Waals surface area contributed by atoms with E-state index in [1.165, 1.54) is 57.2 Å². The average Bonchev–Trinajstić information content (AvgIpc) is 3.24. The Morgan fingerprint density at radius 2 is 2.00 bits per heavy atom. The zero-order valence-corrected chi connectivity index (χ0v) is 13.7. The SMILES string of the molecule is CCCC1CCN(Cc2cc(CNC3CC3)c(C)o2)CC1. The average molecular weight is 290 g/mol. The minimum absolute atomic E-state index is 0.764. The molecule has 2 fully saturated rings. The van der Waals surface area contributed by atoms with Gasteiger partial charge < -0.3 is 9.73 Å². The van der Waals surface area contributed by atoms with Crippen molar-refractivity contribution in [1.29, 1.82) is 0 Å². The first-order valence-electron chi connectivity index (χ1n) is 8.78. The summed E-state index contributed by atoms with van der Waals surface area (Å²) in [6.07, 6.45) is 8.16. The Balaban J connectivity index is 1.47. The minimum Gasteiger partial charge on any atom is -0.465 e. The molecule has 2 aliphatic rings. The van der Waals surface area contributed by atoms with E-state index in [9.17, 15) is 0 Å². The largest absolute Gasteiger partial charge is 0.465 e. The number of hydrogen-bond donors (Lipinski definition) is 1. The maximum absolute atomic E-state index is 5.96. The van der Waals surface area contributed by atoms with Gasteiger partial charge in [0.05, 0.1) is 6.54 Å². The lowest BCUT2D eigenvalue weighted by atomic mass is 9.92. The molecular weight excluding hydrogens is 260 g/mol. The van der Waals surface area contributed by atoms with E-state index in [0.717, 1.165) is 36.6 Å². The number of likely N-dealkylation sites (tertiary alicyclic amines) is 1. The predicted octanol–water partition coefficient (Wildman–Crippen LogP) is 3.85. The third-order valence-electron chi connectivity index (χ3n) is 5.01. The number of furan rings is 1. The molecule has 3 heteroatoms. The first kappa shape index (κ1) is 15.1. The molecule has 0 spiro atoms. The Morgan fingerprint density at radius 3 is 2.67 bits per heavy atom. The molecule has 0 radical (unpaired) electrons. The highest BCUT2D eigenvalue weighted by Crippen LogP contribution is 2.25. The Kier molecular flexibility index (Phi) is 5.02. The van der Waals surface area contributed by atoms with Gasteiger partial charge in [-0.3, -0.25) is 4.90 Å². The summed E-state index contributed by atoms with van der Waals surface area (Å²) in [7, 11) is 0. The minimum atomic E-state index is 0.764. The van der Waals surface area contributed by atoms with Crippen LogP contribution >= 0.6 is 0 Å². The topological polar surface area (TPSA) is 28.4 Å². The van der Waals surface area contributed by atoms with Crippen molar-refractivity contribution in [3.05, 3.63) is 23.2 Å². The van der Waals surface area contributed by atoms with Gasteiger partial charge in [0.1, 0.15) is 11.5 Å². The van der Waals surface area contributed by atoms with Gasteiger partial charge in [-0.15, -0.1) is 0 Å². The van der Waals surface area contributed by atoms with Crippen molar-refractivity contribution in [2.45, 2.75) is 71.5 Å². The summed E-state index contributed by atoms with van der Waals surface area (Å²) in [6.45, 7) is 8.83. The van der Waals surface area contributed by atoms with E-state index >= 15 is 0 Å². The number of piperidine rings is 1. The maximum Gasteiger partial charge on any atom is 0.118 e. The molecule has 1 aliphatic heterocycles. The molecule has 21 heavy (non-hydrogen) atoms. The molecule has 0 amide bonds. The van der Waals surface area contributed by atoms with E-state index in [1.54, 1.807) is 0 Å². The summed E-state index contributed by atoms with van der Waals surface area (Å²) in [5, 5.41) is 3.58. The summed E-state index contributed by atoms with van der Waals surface area (Å²) in [5.74, 6) is 3.20. The first-order chi connectivity index (χ1) is 10.2. The summed E-state index contributed by atoms with van der Waals surface area (Å²) < 4.78 is 5.96. The molecule has 3 nitrogen and oxygen atoms in total. The van der Waals surface area contributed by atoms with Crippen molar-refractivity contribution < 1.29 is 4.42 Å². The molecular formula is C18H30N2O. The first-order valence-corrected chi connectivity index (χ1v) is 8.78. The lowest BCUT2D eigenvalue weighted by molar-refractivity contribution is 0.161. The molecule has 0 bridgehead atoms. The number of rotatable bonds is 7. The fourth-order valence-electron chi connectivity index (χ4n) is 3.44. The number of nitrogens with one attached hydrogen (secondary N) is 1. The van der Waals surface area contributed by atoms with Crippen molar-refractivity contribution in [1.82, 2.24) is 10.2 Å². The summed E-state index contributed by atoms with van der Waals surface area (Å²) in [5.41, 5.74) is 1.35. The predicted molar refractivity (Wildman–Crippen MR) is 86.2 cm³/mol. The second-order valence-corrected chi connectivity index (χ2v) is 6.96. The Labute approximate surface area is 129 Å². The van der Waals surface area contributed by atoms with Crippen LogP contribution in [0.1, 0.15) is 62.5 Å². The maximum atomic E-state index is 5.96. The third-order valence-corrected chi connectivity index (χ3v) is 5.01. The number of hydrogen-bond acceptors (Lipinski definition) is 3. The van der Waals surface area contributed by atoms with E-state index < -0.39 is 0 Å². The highest BCUT2D eigenvalue weighted by Gasteiger charge is 2.22. The van der Waals surface area contributed by atoms with Crippen molar-refractivity contribution >= 4 is 0 Å². The van der Waals surface area contributed by atoms with Gasteiger partial charge in [-0.1, -0.05) is 19.8 Å². The molecule has 118 valence electrons. The van der Waals surface area contributed by atoms with Crippen LogP contribution in [-0.4, -0.2) is 24.0 Å². The lowest BCUT2D eigenvalue weighted by Gasteiger charge is -2.31. The van der Waals surface area contributed by atoms with Gasteiger partial charge >= 0.3 is 0 Å². The van der Waals surface area contributed by atoms with Gasteiger partial charge in [-0.25, -0.2) is 0 Å². The zero-order valence-electron chi connectivity index (χ0n) is 13.7. The van der Waals surface area contributed by atoms with Crippen LogP contribution in [0.25, 0.3) is 0 Å². The van der Waals surface area contributed by atoms with Crippen molar-refractivity contribution in [3.63, 3.8) is 0 Å². The van der Waals surface area contributed by atoms with E-state index in [2.05, 4.69) is 30.1 Å². The molecule has 1 saturated carbocycles. The molecule has 2 heterocycles. The van der Waals surface area contributed by atoms with Crippen molar-refractivity contribution in [2.75, 3.05) is 13.1 Å². The summed E-state index contributed by atoms with van der Waals surface area (Å²) in [6, 6.07) is 3.03. The normalized spacial score (nSPS) is 21.0. The second-order valence-electron chi connectivity index (χ2n) is 6.96. The smallest absolute Gasteiger partial charge is 0.118 e. The monoisotopic (exact) mass is 290 g/mol. The second kappa shape index (κ2) is 6.97. The van der Waals surface area contributed by atoms with E-state index in [0.29, 0.717) is 0 Å². The Hall–Kier alpha value is -0.800. The van der Waals surface area contributed by atoms with Crippen LogP contribution in [0.15, 0.2) is 10.5 Å². The van der Waals surface area contributed by atoms with E-state index in [4.69, 9.17) is 4.42 Å². The van der Waals surface area contributed by atoms with Gasteiger partial charge in [0.2, 0.25) is 0 Å². The molecule has 0 aromatic carbocycles. The highest BCUT2D eigenvalue weighted by molar-refractivity contribution is 5.21. The van der Waals surface area contributed by atoms with Crippen LogP contribution < -0.4 is 5.32 Å². The van der Waals surface area contributed by atoms with Crippen LogP contribution in [-0.2, 0) is 13.1 Å². The molecule has 0 atom stereocenters. The van der Waals surface area contributed by atoms with Crippen molar-refractivity contribution in [2.24, 2.45) is 5.92 Å². The van der Waals surface area contributed by atoms with E-state index in [-0.39, 0.29) is 0 Å². The molecule has 1 aliphatic carbocycles. The van der Waals surface area contributed by atoms with Gasteiger partial charge in [-0.2, -0.15) is 0 Å². The van der Waals surface area contributed by atoms with Crippen LogP contribution in [0.2, 0.25) is 0 Å². The summed E-state index contributed by atoms with van der Waals surface area (Å²) in [4.78, 5) is 2.56. The van der Waals surface area contributed by atoms with Crippen molar-refractivity contribution in [3.8, 4) is 0 Å². The molecule has 1 aromatic heterocycles. The van der Waals surface area contributed by atoms with Crippen LogP contribution in [0, 0.1) is 12.8 Å². The van der Waals surface area contributed by atoms with Crippen LogP contribution in [0.4, 0.5) is 0 Å². The molecule has 1 aromatic rings. The molecule has 0 unspecified atom stereocenters. The number of aryl methyl sites for hydroxylation is 1. The highest BCUT2D eigenvalue weighted by atomic mass is 16.3. The van der Waals surface area contributed by atoms with Crippen LogP contribution in [0.5, 0.6) is 0 Å². The molecule has 1 saturated heterocycles. The fourth-order valence-corrected chi connectivity index (χ4v) is 3.44. The van der Waals surface area contributed by atoms with Crippen LogP contribution in [0.3, 0.4) is 0 Å². The Bertz CT molecular complexity index is 442. The van der Waals surface area contributed by atoms with Gasteiger partial charge in [-0.05, 0) is 57.7 Å². The van der Waals surface area contributed by atoms with Gasteiger partial charge in [0.25, 0.3) is 0 Å². The van der Waals surface area contributed by atoms with Gasteiger partial charge in [0, 0.05) is 18.2 Å². The summed E-state index contributed by atoms with van der Waals surface area (Å²) >= 11 is 0.